The van der Waals surface area contributed by atoms with Crippen LogP contribution in [0.15, 0.2) is 60.8 Å². The van der Waals surface area contributed by atoms with Crippen LogP contribution in [0, 0.1) is 5.82 Å². The number of halogens is 1. The minimum atomic E-state index is -0.449. The van der Waals surface area contributed by atoms with Crippen LogP contribution in [0.1, 0.15) is 16.1 Å². The highest BCUT2D eigenvalue weighted by atomic mass is 19.1. The molecule has 4 nitrogen and oxygen atoms in total. The first kappa shape index (κ1) is 12.2. The van der Waals surface area contributed by atoms with E-state index in [1.54, 1.807) is 6.07 Å². The van der Waals surface area contributed by atoms with Gasteiger partial charge in [0.25, 0.3) is 0 Å². The summed E-state index contributed by atoms with van der Waals surface area (Å²) in [5.74, 6) is -0.770. The zero-order chi connectivity index (χ0) is 13.9. The highest BCUT2D eigenvalue weighted by Crippen LogP contribution is 2.14. The first-order chi connectivity index (χ1) is 9.75. The van der Waals surface area contributed by atoms with Gasteiger partial charge in [0.1, 0.15) is 11.5 Å². The van der Waals surface area contributed by atoms with E-state index in [1.807, 2.05) is 30.3 Å². The van der Waals surface area contributed by atoms with E-state index in [2.05, 4.69) is 10.3 Å². The van der Waals surface area contributed by atoms with Crippen molar-refractivity contribution in [1.29, 1.82) is 0 Å². The average Bonchev–Trinajstić information content (AvgIpc) is 2.97. The van der Waals surface area contributed by atoms with Crippen LogP contribution >= 0.6 is 0 Å². The molecule has 98 valence electrons. The fourth-order valence-corrected chi connectivity index (χ4v) is 1.93. The van der Waals surface area contributed by atoms with Crippen molar-refractivity contribution in [1.82, 2.24) is 15.0 Å². The van der Waals surface area contributed by atoms with Crippen molar-refractivity contribution < 1.29 is 9.18 Å². The van der Waals surface area contributed by atoms with Gasteiger partial charge in [0.05, 0.1) is 11.9 Å². The summed E-state index contributed by atoms with van der Waals surface area (Å²) in [4.78, 5) is 12.4. The summed E-state index contributed by atoms with van der Waals surface area (Å²) in [5.41, 5.74) is 1.29. The van der Waals surface area contributed by atoms with Crippen LogP contribution in [0.2, 0.25) is 0 Å². The molecule has 0 bridgehead atoms. The van der Waals surface area contributed by atoms with Crippen LogP contribution in [0.5, 0.6) is 0 Å². The van der Waals surface area contributed by atoms with Gasteiger partial charge < -0.3 is 0 Å². The van der Waals surface area contributed by atoms with Crippen LogP contribution in [-0.2, 0) is 0 Å². The van der Waals surface area contributed by atoms with Crippen molar-refractivity contribution in [2.75, 3.05) is 0 Å². The van der Waals surface area contributed by atoms with Gasteiger partial charge in [-0.25, -0.2) is 9.07 Å². The second kappa shape index (κ2) is 5.05. The van der Waals surface area contributed by atoms with Gasteiger partial charge in [-0.2, -0.15) is 0 Å². The van der Waals surface area contributed by atoms with Gasteiger partial charge in [-0.1, -0.05) is 35.5 Å². The smallest absolute Gasteiger partial charge is 0.213 e. The van der Waals surface area contributed by atoms with E-state index in [9.17, 15) is 9.18 Å². The summed E-state index contributed by atoms with van der Waals surface area (Å²) in [6.45, 7) is 0. The summed E-state index contributed by atoms with van der Waals surface area (Å²) in [6.07, 6.45) is 1.38. The lowest BCUT2D eigenvalue weighted by molar-refractivity contribution is 0.103. The average molecular weight is 267 g/mol. The van der Waals surface area contributed by atoms with E-state index in [0.29, 0.717) is 5.69 Å². The summed E-state index contributed by atoms with van der Waals surface area (Å²) in [7, 11) is 0. The highest BCUT2D eigenvalue weighted by molar-refractivity contribution is 6.07. The largest absolute Gasteiger partial charge is 0.287 e. The van der Waals surface area contributed by atoms with Crippen LogP contribution in [0.25, 0.3) is 5.69 Å². The van der Waals surface area contributed by atoms with Crippen molar-refractivity contribution in [3.05, 3.63) is 77.9 Å². The maximum Gasteiger partial charge on any atom is 0.213 e. The number of carbonyl (C=O) groups is 1. The van der Waals surface area contributed by atoms with E-state index >= 15 is 0 Å². The number of aromatic nitrogens is 3. The van der Waals surface area contributed by atoms with E-state index < -0.39 is 5.82 Å². The first-order valence-corrected chi connectivity index (χ1v) is 6.02. The van der Waals surface area contributed by atoms with Crippen LogP contribution in [0.3, 0.4) is 0 Å². The normalized spacial score (nSPS) is 10.4. The standard InChI is InChI=1S/C15H10FN3O/c16-12-6-4-5-11(9-12)15(20)14-10-17-18-19(14)13-7-2-1-3-8-13/h1-10H. The third kappa shape index (κ3) is 2.21. The zero-order valence-electron chi connectivity index (χ0n) is 10.4. The minimum absolute atomic E-state index is 0.268. The fourth-order valence-electron chi connectivity index (χ4n) is 1.93. The Morgan fingerprint density at radius 2 is 1.85 bits per heavy atom. The van der Waals surface area contributed by atoms with E-state index in [0.717, 1.165) is 5.69 Å². The molecule has 0 amide bonds. The number of carbonyl (C=O) groups excluding carboxylic acids is 1. The third-order valence-electron chi connectivity index (χ3n) is 2.87. The molecule has 2 aromatic carbocycles. The SMILES string of the molecule is O=C(c1cccc(F)c1)c1cnnn1-c1ccccc1. The van der Waals surface area contributed by atoms with Gasteiger partial charge in [-0.3, -0.25) is 4.79 Å². The molecule has 1 aromatic heterocycles. The van der Waals surface area contributed by atoms with Gasteiger partial charge in [0, 0.05) is 5.56 Å². The molecule has 0 saturated heterocycles. The second-order valence-electron chi connectivity index (χ2n) is 4.21. The number of rotatable bonds is 3. The van der Waals surface area contributed by atoms with E-state index in [-0.39, 0.29) is 11.3 Å². The molecule has 0 radical (unpaired) electrons. The summed E-state index contributed by atoms with van der Waals surface area (Å²) in [6, 6.07) is 14.7. The Balaban J connectivity index is 2.04. The lowest BCUT2D eigenvalue weighted by atomic mass is 10.1. The molecule has 0 saturated carbocycles. The Kier molecular flexibility index (Phi) is 3.09. The Morgan fingerprint density at radius 1 is 1.05 bits per heavy atom. The monoisotopic (exact) mass is 267 g/mol. The number of hydrogen-bond donors (Lipinski definition) is 0. The maximum absolute atomic E-state index is 13.2. The summed E-state index contributed by atoms with van der Waals surface area (Å²) < 4.78 is 14.6. The van der Waals surface area contributed by atoms with Gasteiger partial charge in [-0.05, 0) is 24.3 Å². The molecule has 3 rings (SSSR count). The van der Waals surface area contributed by atoms with Gasteiger partial charge in [0.2, 0.25) is 5.78 Å². The lowest BCUT2D eigenvalue weighted by Gasteiger charge is -2.05. The number of hydrogen-bond acceptors (Lipinski definition) is 3. The van der Waals surface area contributed by atoms with Gasteiger partial charge in [-0.15, -0.1) is 5.10 Å². The molecular weight excluding hydrogens is 257 g/mol. The molecule has 0 aliphatic rings. The predicted molar refractivity (Wildman–Crippen MR) is 71.2 cm³/mol. The van der Waals surface area contributed by atoms with Crippen LogP contribution in [0.4, 0.5) is 4.39 Å². The number of benzene rings is 2. The molecule has 0 fully saturated rings. The number of nitrogens with zero attached hydrogens (tertiary/aromatic N) is 3. The molecule has 0 N–H and O–H groups in total. The topological polar surface area (TPSA) is 47.8 Å². The summed E-state index contributed by atoms with van der Waals surface area (Å²) >= 11 is 0. The Hall–Kier alpha value is -2.82. The fraction of sp³-hybridized carbons (Fsp3) is 0. The minimum Gasteiger partial charge on any atom is -0.287 e. The van der Waals surface area contributed by atoms with Crippen molar-refractivity contribution in [2.24, 2.45) is 0 Å². The molecule has 3 aromatic rings. The molecule has 0 aliphatic carbocycles. The number of ketones is 1. The van der Waals surface area contributed by atoms with E-state index in [1.165, 1.54) is 29.1 Å². The van der Waals surface area contributed by atoms with Gasteiger partial charge in [0.15, 0.2) is 0 Å². The number of para-hydroxylation sites is 1. The summed E-state index contributed by atoms with van der Waals surface area (Å²) in [5, 5.41) is 7.67. The quantitative estimate of drug-likeness (QED) is 0.685. The molecule has 5 heteroatoms. The zero-order valence-corrected chi connectivity index (χ0v) is 10.4. The lowest BCUT2D eigenvalue weighted by Crippen LogP contribution is -2.10. The highest BCUT2D eigenvalue weighted by Gasteiger charge is 2.16. The van der Waals surface area contributed by atoms with Crippen molar-refractivity contribution >= 4 is 5.78 Å². The van der Waals surface area contributed by atoms with E-state index in [4.69, 9.17) is 0 Å². The van der Waals surface area contributed by atoms with Crippen LogP contribution < -0.4 is 0 Å². The third-order valence-corrected chi connectivity index (χ3v) is 2.87. The maximum atomic E-state index is 13.2. The van der Waals surface area contributed by atoms with Crippen molar-refractivity contribution in [3.63, 3.8) is 0 Å². The molecule has 20 heavy (non-hydrogen) atoms. The Morgan fingerprint density at radius 3 is 2.60 bits per heavy atom. The molecule has 0 unspecified atom stereocenters. The Labute approximate surface area is 114 Å². The predicted octanol–water partition coefficient (Wildman–Crippen LogP) is 2.64. The van der Waals surface area contributed by atoms with Crippen LogP contribution in [-0.4, -0.2) is 20.8 Å². The molecule has 0 spiro atoms. The second-order valence-corrected chi connectivity index (χ2v) is 4.21. The van der Waals surface area contributed by atoms with Crippen molar-refractivity contribution in [2.45, 2.75) is 0 Å². The van der Waals surface area contributed by atoms with Gasteiger partial charge >= 0.3 is 0 Å². The first-order valence-electron chi connectivity index (χ1n) is 6.02. The molecule has 1 heterocycles. The molecule has 0 aliphatic heterocycles. The van der Waals surface area contributed by atoms with Crippen molar-refractivity contribution in [3.8, 4) is 5.69 Å². The molecular formula is C15H10FN3O. The molecule has 0 atom stereocenters. The Bertz CT molecular complexity index is 753.